The highest BCUT2D eigenvalue weighted by atomic mass is 16.6. The first-order chi connectivity index (χ1) is 16.3. The SMILES string of the molecule is CC(C)(C)OC(=O)N1CCN(c2cnc3c(-c4ccc(C#N)cc4)cccc3c2C2CC2)CC1. The fraction of sp³-hybridized carbons (Fsp3) is 0.393. The lowest BCUT2D eigenvalue weighted by Crippen LogP contribution is -2.50. The Kier molecular flexibility index (Phi) is 5.65. The second-order valence-corrected chi connectivity index (χ2v) is 10.2. The van der Waals surface area contributed by atoms with E-state index in [0.717, 1.165) is 29.7 Å². The summed E-state index contributed by atoms with van der Waals surface area (Å²) in [6.07, 6.45) is 4.18. The highest BCUT2D eigenvalue weighted by Crippen LogP contribution is 2.48. The first-order valence-corrected chi connectivity index (χ1v) is 12.0. The minimum atomic E-state index is -0.484. The van der Waals surface area contributed by atoms with Gasteiger partial charge in [0.05, 0.1) is 29.0 Å². The number of nitriles is 1. The number of rotatable bonds is 3. The van der Waals surface area contributed by atoms with E-state index in [1.54, 1.807) is 4.90 Å². The molecular weight excluding hydrogens is 424 g/mol. The Morgan fingerprint density at radius 2 is 1.76 bits per heavy atom. The van der Waals surface area contributed by atoms with Crippen molar-refractivity contribution in [1.82, 2.24) is 9.88 Å². The van der Waals surface area contributed by atoms with Gasteiger partial charge < -0.3 is 14.5 Å². The van der Waals surface area contributed by atoms with Gasteiger partial charge in [-0.15, -0.1) is 0 Å². The van der Waals surface area contributed by atoms with Crippen LogP contribution < -0.4 is 4.90 Å². The molecule has 6 nitrogen and oxygen atoms in total. The van der Waals surface area contributed by atoms with E-state index in [0.29, 0.717) is 24.6 Å². The number of piperazine rings is 1. The third kappa shape index (κ3) is 4.43. The Morgan fingerprint density at radius 3 is 2.38 bits per heavy atom. The average Bonchev–Trinajstić information content (AvgIpc) is 3.67. The summed E-state index contributed by atoms with van der Waals surface area (Å²) < 4.78 is 5.56. The van der Waals surface area contributed by atoms with Gasteiger partial charge in [-0.3, -0.25) is 4.98 Å². The van der Waals surface area contributed by atoms with Crippen LogP contribution >= 0.6 is 0 Å². The second kappa shape index (κ2) is 8.64. The van der Waals surface area contributed by atoms with Crippen LogP contribution in [0.15, 0.2) is 48.7 Å². The molecule has 5 rings (SSSR count). The third-order valence-electron chi connectivity index (χ3n) is 6.50. The predicted octanol–water partition coefficient (Wildman–Crippen LogP) is 5.71. The summed E-state index contributed by atoms with van der Waals surface area (Å²) in [6, 6.07) is 16.3. The number of amides is 1. The molecule has 1 saturated heterocycles. The number of fused-ring (bicyclic) bond motifs is 1. The summed E-state index contributed by atoms with van der Waals surface area (Å²) in [4.78, 5) is 21.6. The summed E-state index contributed by atoms with van der Waals surface area (Å²) in [5.41, 5.74) is 5.90. The van der Waals surface area contributed by atoms with E-state index in [1.807, 2.05) is 51.2 Å². The quantitative estimate of drug-likeness (QED) is 0.507. The molecule has 1 saturated carbocycles. The van der Waals surface area contributed by atoms with E-state index in [1.165, 1.54) is 29.5 Å². The monoisotopic (exact) mass is 454 g/mol. The fourth-order valence-corrected chi connectivity index (χ4v) is 4.70. The van der Waals surface area contributed by atoms with E-state index in [-0.39, 0.29) is 6.09 Å². The Bertz CT molecular complexity index is 1260. The van der Waals surface area contributed by atoms with E-state index in [4.69, 9.17) is 15.0 Å². The molecule has 0 bridgehead atoms. The molecule has 0 atom stereocenters. The maximum atomic E-state index is 12.5. The number of aromatic nitrogens is 1. The van der Waals surface area contributed by atoms with Crippen molar-refractivity contribution >= 4 is 22.7 Å². The van der Waals surface area contributed by atoms with Gasteiger partial charge in [0.1, 0.15) is 5.60 Å². The first kappa shape index (κ1) is 22.2. The highest BCUT2D eigenvalue weighted by molar-refractivity contribution is 5.98. The molecule has 2 aliphatic rings. The molecule has 1 aliphatic carbocycles. The number of hydrogen-bond donors (Lipinski definition) is 0. The number of para-hydroxylation sites is 1. The van der Waals surface area contributed by atoms with Crippen LogP contribution in [0.1, 0.15) is 50.7 Å². The van der Waals surface area contributed by atoms with Crippen LogP contribution in [0.5, 0.6) is 0 Å². The number of carbonyl (C=O) groups is 1. The summed E-state index contributed by atoms with van der Waals surface area (Å²) in [5, 5.41) is 10.3. The number of hydrogen-bond acceptors (Lipinski definition) is 5. The molecule has 3 aromatic rings. The lowest BCUT2D eigenvalue weighted by atomic mass is 9.96. The van der Waals surface area contributed by atoms with Crippen LogP contribution in [-0.4, -0.2) is 47.8 Å². The van der Waals surface area contributed by atoms with Crippen LogP contribution in [0.3, 0.4) is 0 Å². The van der Waals surface area contributed by atoms with Crippen molar-refractivity contribution in [2.24, 2.45) is 0 Å². The largest absolute Gasteiger partial charge is 0.444 e. The Hall–Kier alpha value is -3.59. The van der Waals surface area contributed by atoms with E-state index >= 15 is 0 Å². The molecule has 2 fully saturated rings. The van der Waals surface area contributed by atoms with Gasteiger partial charge in [-0.25, -0.2) is 4.79 Å². The van der Waals surface area contributed by atoms with Crippen molar-refractivity contribution in [2.75, 3.05) is 31.1 Å². The van der Waals surface area contributed by atoms with Gasteiger partial charge in [0.15, 0.2) is 0 Å². The Morgan fingerprint density at radius 1 is 1.06 bits per heavy atom. The molecule has 0 radical (unpaired) electrons. The molecule has 34 heavy (non-hydrogen) atoms. The summed E-state index contributed by atoms with van der Waals surface area (Å²) >= 11 is 0. The second-order valence-electron chi connectivity index (χ2n) is 10.2. The van der Waals surface area contributed by atoms with Crippen LogP contribution in [0.25, 0.3) is 22.0 Å². The van der Waals surface area contributed by atoms with Gasteiger partial charge in [-0.05, 0) is 62.8 Å². The van der Waals surface area contributed by atoms with Crippen molar-refractivity contribution < 1.29 is 9.53 Å². The zero-order chi connectivity index (χ0) is 23.9. The lowest BCUT2D eigenvalue weighted by Gasteiger charge is -2.37. The summed E-state index contributed by atoms with van der Waals surface area (Å²) in [5.74, 6) is 0.556. The van der Waals surface area contributed by atoms with Crippen LogP contribution in [0.4, 0.5) is 10.5 Å². The highest BCUT2D eigenvalue weighted by Gasteiger charge is 2.32. The van der Waals surface area contributed by atoms with Crippen molar-refractivity contribution in [3.05, 3.63) is 59.8 Å². The molecule has 1 aliphatic heterocycles. The minimum absolute atomic E-state index is 0.238. The molecule has 0 spiro atoms. The normalized spacial score (nSPS) is 16.4. The standard InChI is InChI=1S/C28H30N4O2/c1-28(2,3)34-27(33)32-15-13-31(14-16-32)24-18-30-26-22(20-9-7-19(17-29)8-10-20)5-4-6-23(26)25(24)21-11-12-21/h4-10,18,21H,11-16H2,1-3H3. The van der Waals surface area contributed by atoms with Crippen LogP contribution in [-0.2, 0) is 4.74 Å². The van der Waals surface area contributed by atoms with E-state index < -0.39 is 5.60 Å². The number of pyridine rings is 1. The van der Waals surface area contributed by atoms with Gasteiger partial charge in [0.25, 0.3) is 0 Å². The summed E-state index contributed by atoms with van der Waals surface area (Å²) in [7, 11) is 0. The number of carbonyl (C=O) groups excluding carboxylic acids is 1. The molecule has 1 aromatic heterocycles. The lowest BCUT2D eigenvalue weighted by molar-refractivity contribution is 0.0240. The topological polar surface area (TPSA) is 69.5 Å². The minimum Gasteiger partial charge on any atom is -0.444 e. The molecule has 0 N–H and O–H groups in total. The van der Waals surface area contributed by atoms with Crippen molar-refractivity contribution in [3.8, 4) is 17.2 Å². The molecule has 0 unspecified atom stereocenters. The van der Waals surface area contributed by atoms with E-state index in [2.05, 4.69) is 29.2 Å². The van der Waals surface area contributed by atoms with Crippen LogP contribution in [0.2, 0.25) is 0 Å². The Labute approximate surface area is 200 Å². The maximum absolute atomic E-state index is 12.5. The van der Waals surface area contributed by atoms with Gasteiger partial charge in [0.2, 0.25) is 0 Å². The third-order valence-corrected chi connectivity index (χ3v) is 6.50. The maximum Gasteiger partial charge on any atom is 0.410 e. The molecule has 174 valence electrons. The van der Waals surface area contributed by atoms with Gasteiger partial charge in [-0.1, -0.05) is 30.3 Å². The molecule has 2 aromatic carbocycles. The number of benzene rings is 2. The van der Waals surface area contributed by atoms with Gasteiger partial charge in [0, 0.05) is 37.1 Å². The number of anilines is 1. The van der Waals surface area contributed by atoms with Crippen molar-refractivity contribution in [3.63, 3.8) is 0 Å². The van der Waals surface area contributed by atoms with Crippen molar-refractivity contribution in [1.29, 1.82) is 5.26 Å². The van der Waals surface area contributed by atoms with Gasteiger partial charge >= 0.3 is 6.09 Å². The Balaban J connectivity index is 1.45. The first-order valence-electron chi connectivity index (χ1n) is 12.0. The molecule has 6 heteroatoms. The smallest absolute Gasteiger partial charge is 0.410 e. The predicted molar refractivity (Wildman–Crippen MR) is 134 cm³/mol. The number of nitrogens with zero attached hydrogens (tertiary/aromatic N) is 4. The van der Waals surface area contributed by atoms with Crippen molar-refractivity contribution in [2.45, 2.75) is 45.1 Å². The average molecular weight is 455 g/mol. The summed E-state index contributed by atoms with van der Waals surface area (Å²) in [6.45, 7) is 8.51. The molecule has 2 heterocycles. The van der Waals surface area contributed by atoms with E-state index in [9.17, 15) is 4.79 Å². The molecule has 1 amide bonds. The zero-order valence-electron chi connectivity index (χ0n) is 20.0. The fourth-order valence-electron chi connectivity index (χ4n) is 4.70. The molecular formula is C28H30N4O2. The zero-order valence-corrected chi connectivity index (χ0v) is 20.0. The number of ether oxygens (including phenoxy) is 1. The van der Waals surface area contributed by atoms with Crippen LogP contribution in [0, 0.1) is 11.3 Å². The van der Waals surface area contributed by atoms with Gasteiger partial charge in [-0.2, -0.15) is 5.26 Å².